The summed E-state index contributed by atoms with van der Waals surface area (Å²) in [5.74, 6) is 0. The van der Waals surface area contributed by atoms with E-state index in [0.29, 0.717) is 0 Å². The standard InChI is InChI=1S/C21H20ClN3/c22-19-8-4-7-18-20(23-24-21(18)19)15-25-13-11-17(12-14-25)10-9-16-5-2-1-3-6-16/h1-11H,12-15H2,(H,23,24)/b10-9+. The molecular formula is C21H20ClN3. The van der Waals surface area contributed by atoms with Crippen molar-refractivity contribution in [3.63, 3.8) is 0 Å². The van der Waals surface area contributed by atoms with Crippen molar-refractivity contribution in [3.8, 4) is 0 Å². The highest BCUT2D eigenvalue weighted by atomic mass is 35.5. The molecular weight excluding hydrogens is 330 g/mol. The van der Waals surface area contributed by atoms with E-state index in [4.69, 9.17) is 11.6 Å². The molecule has 0 amide bonds. The van der Waals surface area contributed by atoms with Crippen LogP contribution in [0.2, 0.25) is 5.02 Å². The summed E-state index contributed by atoms with van der Waals surface area (Å²) < 4.78 is 0. The van der Waals surface area contributed by atoms with E-state index in [1.54, 1.807) is 0 Å². The molecule has 0 fully saturated rings. The number of benzene rings is 2. The van der Waals surface area contributed by atoms with Crippen LogP contribution in [0.5, 0.6) is 0 Å². The smallest absolute Gasteiger partial charge is 0.0841 e. The highest BCUT2D eigenvalue weighted by molar-refractivity contribution is 6.35. The van der Waals surface area contributed by atoms with Crippen molar-refractivity contribution >= 4 is 28.6 Å². The molecule has 3 nitrogen and oxygen atoms in total. The van der Waals surface area contributed by atoms with Crippen molar-refractivity contribution in [1.29, 1.82) is 0 Å². The van der Waals surface area contributed by atoms with Gasteiger partial charge in [-0.05, 0) is 23.6 Å². The van der Waals surface area contributed by atoms with Gasteiger partial charge < -0.3 is 0 Å². The Balaban J connectivity index is 1.42. The molecule has 0 radical (unpaired) electrons. The summed E-state index contributed by atoms with van der Waals surface area (Å²) in [6, 6.07) is 16.4. The normalized spacial score (nSPS) is 15.8. The van der Waals surface area contributed by atoms with Gasteiger partial charge in [0.15, 0.2) is 0 Å². The van der Waals surface area contributed by atoms with E-state index in [2.05, 4.69) is 63.7 Å². The van der Waals surface area contributed by atoms with Crippen molar-refractivity contribution < 1.29 is 0 Å². The summed E-state index contributed by atoms with van der Waals surface area (Å²) in [6.45, 7) is 2.83. The molecule has 0 unspecified atom stereocenters. The summed E-state index contributed by atoms with van der Waals surface area (Å²) in [7, 11) is 0. The first-order valence-electron chi connectivity index (χ1n) is 8.55. The van der Waals surface area contributed by atoms with Crippen LogP contribution in [0.25, 0.3) is 17.0 Å². The van der Waals surface area contributed by atoms with Crippen LogP contribution in [0.15, 0.2) is 66.3 Å². The monoisotopic (exact) mass is 349 g/mol. The Bertz CT molecular complexity index is 925. The lowest BCUT2D eigenvalue weighted by Gasteiger charge is -2.24. The number of H-pyrrole nitrogens is 1. The third kappa shape index (κ3) is 3.68. The number of halogens is 1. The van der Waals surface area contributed by atoms with Gasteiger partial charge in [-0.3, -0.25) is 10.00 Å². The fraction of sp³-hybridized carbons (Fsp3) is 0.190. The van der Waals surface area contributed by atoms with Gasteiger partial charge in [-0.25, -0.2) is 0 Å². The Hall–Kier alpha value is -2.36. The molecule has 2 aromatic carbocycles. The number of para-hydroxylation sites is 1. The van der Waals surface area contributed by atoms with Gasteiger partial charge in [0.05, 0.1) is 16.2 Å². The third-order valence-electron chi connectivity index (χ3n) is 4.62. The number of nitrogens with zero attached hydrogens (tertiary/aromatic N) is 2. The summed E-state index contributed by atoms with van der Waals surface area (Å²) >= 11 is 6.22. The molecule has 1 N–H and O–H groups in total. The second-order valence-corrected chi connectivity index (χ2v) is 6.75. The maximum atomic E-state index is 6.22. The first-order valence-corrected chi connectivity index (χ1v) is 8.93. The Morgan fingerprint density at radius 1 is 1.08 bits per heavy atom. The minimum absolute atomic E-state index is 0.725. The van der Waals surface area contributed by atoms with Crippen LogP contribution in [0, 0.1) is 0 Å². The van der Waals surface area contributed by atoms with Crippen molar-refractivity contribution in [2.45, 2.75) is 13.0 Å². The van der Waals surface area contributed by atoms with Gasteiger partial charge in [0.2, 0.25) is 0 Å². The Morgan fingerprint density at radius 3 is 2.76 bits per heavy atom. The topological polar surface area (TPSA) is 31.9 Å². The second-order valence-electron chi connectivity index (χ2n) is 6.34. The molecule has 0 spiro atoms. The maximum Gasteiger partial charge on any atom is 0.0841 e. The van der Waals surface area contributed by atoms with Gasteiger partial charge in [-0.2, -0.15) is 5.10 Å². The first-order chi connectivity index (χ1) is 12.3. The molecule has 0 bridgehead atoms. The largest absolute Gasteiger partial charge is 0.293 e. The number of aromatic amines is 1. The molecule has 0 atom stereocenters. The van der Waals surface area contributed by atoms with Crippen LogP contribution in [0.4, 0.5) is 0 Å². The van der Waals surface area contributed by atoms with E-state index in [9.17, 15) is 0 Å². The number of hydrogen-bond acceptors (Lipinski definition) is 2. The van der Waals surface area contributed by atoms with E-state index in [-0.39, 0.29) is 0 Å². The van der Waals surface area contributed by atoms with Gasteiger partial charge in [-0.1, -0.05) is 72.3 Å². The average molecular weight is 350 g/mol. The summed E-state index contributed by atoms with van der Waals surface area (Å²) in [5.41, 5.74) is 4.63. The zero-order valence-corrected chi connectivity index (χ0v) is 14.7. The Morgan fingerprint density at radius 2 is 1.96 bits per heavy atom. The predicted molar refractivity (Wildman–Crippen MR) is 105 cm³/mol. The summed E-state index contributed by atoms with van der Waals surface area (Å²) in [4.78, 5) is 2.41. The van der Waals surface area contributed by atoms with Gasteiger partial charge in [-0.15, -0.1) is 0 Å². The molecule has 0 aliphatic carbocycles. The molecule has 126 valence electrons. The number of fused-ring (bicyclic) bond motifs is 1. The van der Waals surface area contributed by atoms with Crippen molar-refractivity contribution in [2.24, 2.45) is 0 Å². The van der Waals surface area contributed by atoms with Crippen LogP contribution in [-0.2, 0) is 6.54 Å². The van der Waals surface area contributed by atoms with Crippen molar-refractivity contribution in [1.82, 2.24) is 15.1 Å². The van der Waals surface area contributed by atoms with Gasteiger partial charge in [0.1, 0.15) is 0 Å². The molecule has 0 saturated heterocycles. The Labute approximate surface area is 152 Å². The highest BCUT2D eigenvalue weighted by Crippen LogP contribution is 2.25. The molecule has 3 aromatic rings. The number of allylic oxidation sites excluding steroid dienone is 1. The zero-order chi connectivity index (χ0) is 17.1. The number of nitrogens with one attached hydrogen (secondary N) is 1. The van der Waals surface area contributed by atoms with Gasteiger partial charge in [0.25, 0.3) is 0 Å². The lowest BCUT2D eigenvalue weighted by atomic mass is 10.1. The SMILES string of the molecule is Clc1cccc2c(CN3CC=C(/C=C/c4ccccc4)CC3)n[nH]c12. The van der Waals surface area contributed by atoms with Gasteiger partial charge in [0, 0.05) is 25.0 Å². The fourth-order valence-electron chi connectivity index (χ4n) is 3.18. The lowest BCUT2D eigenvalue weighted by molar-refractivity contribution is 0.285. The van der Waals surface area contributed by atoms with Crippen molar-refractivity contribution in [3.05, 3.63) is 82.5 Å². The number of rotatable bonds is 4. The zero-order valence-electron chi connectivity index (χ0n) is 14.0. The molecule has 4 heteroatoms. The lowest BCUT2D eigenvalue weighted by Crippen LogP contribution is -2.28. The highest BCUT2D eigenvalue weighted by Gasteiger charge is 2.14. The van der Waals surface area contributed by atoms with E-state index in [1.807, 2.05) is 18.2 Å². The van der Waals surface area contributed by atoms with Crippen LogP contribution in [0.3, 0.4) is 0 Å². The van der Waals surface area contributed by atoms with Crippen molar-refractivity contribution in [2.75, 3.05) is 13.1 Å². The molecule has 25 heavy (non-hydrogen) atoms. The van der Waals surface area contributed by atoms with E-state index < -0.39 is 0 Å². The molecule has 2 heterocycles. The third-order valence-corrected chi connectivity index (χ3v) is 4.93. The quantitative estimate of drug-likeness (QED) is 0.713. The van der Waals surface area contributed by atoms with Crippen LogP contribution < -0.4 is 0 Å². The Kier molecular flexibility index (Phi) is 4.68. The second kappa shape index (κ2) is 7.26. The predicted octanol–water partition coefficient (Wildman–Crippen LogP) is 5.06. The molecule has 1 aliphatic heterocycles. The molecule has 1 aromatic heterocycles. The minimum atomic E-state index is 0.725. The van der Waals surface area contributed by atoms with Gasteiger partial charge >= 0.3 is 0 Å². The maximum absolute atomic E-state index is 6.22. The average Bonchev–Trinajstić information content (AvgIpc) is 3.06. The van der Waals surface area contributed by atoms with E-state index in [1.165, 1.54) is 11.1 Å². The first kappa shape index (κ1) is 16.1. The van der Waals surface area contributed by atoms with Crippen LogP contribution in [-0.4, -0.2) is 28.2 Å². The molecule has 1 aliphatic rings. The molecule has 0 saturated carbocycles. The summed E-state index contributed by atoms with van der Waals surface area (Å²) in [6.07, 6.45) is 7.79. The number of aromatic nitrogens is 2. The number of hydrogen-bond donors (Lipinski definition) is 1. The van der Waals surface area contributed by atoms with Crippen LogP contribution >= 0.6 is 11.6 Å². The molecule has 4 rings (SSSR count). The van der Waals surface area contributed by atoms with E-state index in [0.717, 1.165) is 47.7 Å². The van der Waals surface area contributed by atoms with Crippen LogP contribution in [0.1, 0.15) is 17.7 Å². The van der Waals surface area contributed by atoms with E-state index >= 15 is 0 Å². The fourth-order valence-corrected chi connectivity index (χ4v) is 3.40. The minimum Gasteiger partial charge on any atom is -0.293 e. The summed E-state index contributed by atoms with van der Waals surface area (Å²) in [5, 5.41) is 9.36.